The fraction of sp³-hybridized carbons (Fsp3) is 0.125. The summed E-state index contributed by atoms with van der Waals surface area (Å²) in [5.74, 6) is -0.335. The largest absolute Gasteiger partial charge is 0.398 e. The van der Waals surface area contributed by atoms with Gasteiger partial charge in [-0.15, -0.1) is 0 Å². The Bertz CT molecular complexity index is 712. The summed E-state index contributed by atoms with van der Waals surface area (Å²) >= 11 is 0. The molecule has 0 aliphatic carbocycles. The highest BCUT2D eigenvalue weighted by atomic mass is 16.2. The molecule has 3 rings (SSSR count). The molecule has 0 saturated carbocycles. The van der Waals surface area contributed by atoms with Crippen molar-refractivity contribution in [1.82, 2.24) is 0 Å². The second-order valence-corrected chi connectivity index (χ2v) is 4.92. The molecule has 0 aromatic heterocycles. The normalized spacial score (nSPS) is 13.5. The number of nitrogens with two attached hydrogens (primary N) is 1. The maximum Gasteiger partial charge on any atom is 0.244 e. The number of nitrogens with one attached hydrogen (secondary N) is 1. The lowest BCUT2D eigenvalue weighted by Gasteiger charge is -2.29. The smallest absolute Gasteiger partial charge is 0.244 e. The quantitative estimate of drug-likeness (QED) is 0.824. The lowest BCUT2D eigenvalue weighted by molar-refractivity contribution is -0.121. The highest BCUT2D eigenvalue weighted by Crippen LogP contribution is 2.29. The first-order valence-corrected chi connectivity index (χ1v) is 6.68. The molecule has 0 spiro atoms. The Labute approximate surface area is 122 Å². The molecule has 0 fully saturated rings. The van der Waals surface area contributed by atoms with Gasteiger partial charge >= 0.3 is 0 Å². The third kappa shape index (κ3) is 2.58. The summed E-state index contributed by atoms with van der Waals surface area (Å²) in [4.78, 5) is 25.7. The zero-order valence-electron chi connectivity index (χ0n) is 11.4. The van der Waals surface area contributed by atoms with Crippen molar-refractivity contribution >= 4 is 28.9 Å². The van der Waals surface area contributed by atoms with Crippen molar-refractivity contribution in [1.29, 1.82) is 0 Å². The van der Waals surface area contributed by atoms with E-state index in [0.717, 1.165) is 11.3 Å². The zero-order valence-corrected chi connectivity index (χ0v) is 11.4. The Morgan fingerprint density at radius 3 is 2.67 bits per heavy atom. The molecule has 1 aliphatic rings. The maximum absolute atomic E-state index is 12.5. The Balaban J connectivity index is 1.88. The fourth-order valence-electron chi connectivity index (χ4n) is 2.41. The van der Waals surface area contributed by atoms with Gasteiger partial charge in [0, 0.05) is 5.69 Å². The van der Waals surface area contributed by atoms with Crippen LogP contribution in [0.1, 0.15) is 5.56 Å². The SMILES string of the molecule is Nc1ccccc1CC(=O)N1CC(=O)Nc2ccccc21. The first kappa shape index (κ1) is 13.2. The molecule has 5 nitrogen and oxygen atoms in total. The second kappa shape index (κ2) is 5.28. The van der Waals surface area contributed by atoms with Crippen LogP contribution in [0.25, 0.3) is 0 Å². The third-order valence-electron chi connectivity index (χ3n) is 3.47. The van der Waals surface area contributed by atoms with Crippen molar-refractivity contribution in [3.05, 3.63) is 54.1 Å². The van der Waals surface area contributed by atoms with Gasteiger partial charge in [0.25, 0.3) is 0 Å². The van der Waals surface area contributed by atoms with Crippen LogP contribution >= 0.6 is 0 Å². The highest BCUT2D eigenvalue weighted by molar-refractivity contribution is 6.10. The van der Waals surface area contributed by atoms with E-state index in [4.69, 9.17) is 5.73 Å². The number of rotatable bonds is 2. The van der Waals surface area contributed by atoms with Crippen molar-refractivity contribution in [3.63, 3.8) is 0 Å². The van der Waals surface area contributed by atoms with Gasteiger partial charge in [-0.2, -0.15) is 0 Å². The van der Waals surface area contributed by atoms with Gasteiger partial charge in [-0.1, -0.05) is 30.3 Å². The molecule has 0 saturated heterocycles. The number of nitrogen functional groups attached to an aromatic ring is 1. The molecular formula is C16H15N3O2. The van der Waals surface area contributed by atoms with E-state index in [1.54, 1.807) is 12.1 Å². The summed E-state index contributed by atoms with van der Waals surface area (Å²) in [6.07, 6.45) is 0.175. The minimum absolute atomic E-state index is 0.0303. The van der Waals surface area contributed by atoms with Crippen LogP contribution in [0.2, 0.25) is 0 Å². The third-order valence-corrected chi connectivity index (χ3v) is 3.47. The molecule has 1 heterocycles. The fourth-order valence-corrected chi connectivity index (χ4v) is 2.41. The van der Waals surface area contributed by atoms with Crippen LogP contribution < -0.4 is 16.0 Å². The van der Waals surface area contributed by atoms with Gasteiger partial charge in [0.1, 0.15) is 6.54 Å². The van der Waals surface area contributed by atoms with Crippen molar-refractivity contribution in [2.24, 2.45) is 0 Å². The number of nitrogens with zero attached hydrogens (tertiary/aromatic N) is 1. The van der Waals surface area contributed by atoms with Gasteiger partial charge in [0.2, 0.25) is 11.8 Å². The van der Waals surface area contributed by atoms with Gasteiger partial charge in [0.05, 0.1) is 17.8 Å². The van der Waals surface area contributed by atoms with Crippen LogP contribution in [0.3, 0.4) is 0 Å². The summed E-state index contributed by atoms with van der Waals surface area (Å²) in [6.45, 7) is 0.0303. The number of fused-ring (bicyclic) bond motifs is 1. The number of hydrogen-bond donors (Lipinski definition) is 2. The molecule has 21 heavy (non-hydrogen) atoms. The molecule has 2 amide bonds. The van der Waals surface area contributed by atoms with E-state index in [9.17, 15) is 9.59 Å². The number of anilines is 3. The van der Waals surface area contributed by atoms with Gasteiger partial charge < -0.3 is 16.0 Å². The average molecular weight is 281 g/mol. The molecular weight excluding hydrogens is 266 g/mol. The predicted molar refractivity (Wildman–Crippen MR) is 82.0 cm³/mol. The zero-order chi connectivity index (χ0) is 14.8. The molecule has 2 aromatic rings. The van der Waals surface area contributed by atoms with Gasteiger partial charge in [0.15, 0.2) is 0 Å². The number of carbonyl (C=O) groups excluding carboxylic acids is 2. The van der Waals surface area contributed by atoms with Crippen LogP contribution in [0.5, 0.6) is 0 Å². The van der Waals surface area contributed by atoms with Crippen molar-refractivity contribution in [2.45, 2.75) is 6.42 Å². The van der Waals surface area contributed by atoms with E-state index in [2.05, 4.69) is 5.32 Å². The number of hydrogen-bond acceptors (Lipinski definition) is 3. The van der Waals surface area contributed by atoms with Crippen molar-refractivity contribution < 1.29 is 9.59 Å². The molecule has 3 N–H and O–H groups in total. The molecule has 0 atom stereocenters. The van der Waals surface area contributed by atoms with Gasteiger partial charge in [-0.3, -0.25) is 9.59 Å². The minimum Gasteiger partial charge on any atom is -0.398 e. The number of benzene rings is 2. The maximum atomic E-state index is 12.5. The second-order valence-electron chi connectivity index (χ2n) is 4.92. The molecule has 5 heteroatoms. The first-order valence-electron chi connectivity index (χ1n) is 6.68. The van der Waals surface area contributed by atoms with E-state index in [1.807, 2.05) is 36.4 Å². The molecule has 1 aliphatic heterocycles. The molecule has 0 unspecified atom stereocenters. The van der Waals surface area contributed by atoms with Crippen LogP contribution in [-0.4, -0.2) is 18.4 Å². The number of para-hydroxylation sites is 3. The van der Waals surface area contributed by atoms with Gasteiger partial charge in [-0.05, 0) is 23.8 Å². The van der Waals surface area contributed by atoms with Crippen LogP contribution in [0, 0.1) is 0 Å². The summed E-state index contributed by atoms with van der Waals surface area (Å²) in [7, 11) is 0. The van der Waals surface area contributed by atoms with E-state index in [-0.39, 0.29) is 24.8 Å². The molecule has 106 valence electrons. The molecule has 0 bridgehead atoms. The molecule has 2 aromatic carbocycles. The van der Waals surface area contributed by atoms with E-state index in [0.29, 0.717) is 11.4 Å². The summed E-state index contributed by atoms with van der Waals surface area (Å²) in [5, 5.41) is 2.76. The Morgan fingerprint density at radius 1 is 1.14 bits per heavy atom. The van der Waals surface area contributed by atoms with Crippen LogP contribution in [-0.2, 0) is 16.0 Å². The first-order chi connectivity index (χ1) is 10.1. The number of amides is 2. The lowest BCUT2D eigenvalue weighted by atomic mass is 10.1. The van der Waals surface area contributed by atoms with Crippen LogP contribution in [0.15, 0.2) is 48.5 Å². The van der Waals surface area contributed by atoms with E-state index >= 15 is 0 Å². The Morgan fingerprint density at radius 2 is 1.86 bits per heavy atom. The van der Waals surface area contributed by atoms with E-state index < -0.39 is 0 Å². The Hall–Kier alpha value is -2.82. The lowest BCUT2D eigenvalue weighted by Crippen LogP contribution is -2.42. The van der Waals surface area contributed by atoms with Crippen LogP contribution in [0.4, 0.5) is 17.1 Å². The summed E-state index contributed by atoms with van der Waals surface area (Å²) in [6, 6.07) is 14.5. The van der Waals surface area contributed by atoms with Crippen molar-refractivity contribution in [3.8, 4) is 0 Å². The Kier molecular flexibility index (Phi) is 3.31. The topological polar surface area (TPSA) is 75.4 Å². The van der Waals surface area contributed by atoms with Gasteiger partial charge in [-0.25, -0.2) is 0 Å². The average Bonchev–Trinajstić information content (AvgIpc) is 2.48. The minimum atomic E-state index is -0.192. The number of carbonyl (C=O) groups is 2. The highest BCUT2D eigenvalue weighted by Gasteiger charge is 2.26. The van der Waals surface area contributed by atoms with Crippen molar-refractivity contribution in [2.75, 3.05) is 22.5 Å². The summed E-state index contributed by atoms with van der Waals surface area (Å²) in [5.41, 5.74) is 8.60. The predicted octanol–water partition coefficient (Wildman–Crippen LogP) is 1.80. The summed E-state index contributed by atoms with van der Waals surface area (Å²) < 4.78 is 0. The molecule has 0 radical (unpaired) electrons. The monoisotopic (exact) mass is 281 g/mol. The standard InChI is InChI=1S/C16H15N3O2/c17-12-6-2-1-5-11(12)9-16(21)19-10-15(20)18-13-7-3-4-8-14(13)19/h1-8H,9-10,17H2,(H,18,20). The van der Waals surface area contributed by atoms with E-state index in [1.165, 1.54) is 4.90 Å².